The molecule has 0 radical (unpaired) electrons. The Bertz CT molecular complexity index is 1190. The quantitative estimate of drug-likeness (QED) is 0.318. The van der Waals surface area contributed by atoms with E-state index in [0.717, 1.165) is 42.7 Å². The van der Waals surface area contributed by atoms with E-state index in [4.69, 9.17) is 4.74 Å². The lowest BCUT2D eigenvalue weighted by Gasteiger charge is -2.22. The van der Waals surface area contributed by atoms with Crippen molar-refractivity contribution in [3.8, 4) is 5.75 Å². The van der Waals surface area contributed by atoms with Crippen LogP contribution in [0.2, 0.25) is 0 Å². The normalized spacial score (nSPS) is 10.2. The van der Waals surface area contributed by atoms with Crippen molar-refractivity contribution in [1.29, 1.82) is 0 Å². The summed E-state index contributed by atoms with van der Waals surface area (Å²) in [5, 5.41) is 0.991. The van der Waals surface area contributed by atoms with Gasteiger partial charge in [-0.25, -0.2) is 0 Å². The largest absolute Gasteiger partial charge is 0.492 e. The minimum absolute atomic E-state index is 0. The molecular formula is C25H29Cl3N4O2. The van der Waals surface area contributed by atoms with E-state index < -0.39 is 0 Å². The van der Waals surface area contributed by atoms with Gasteiger partial charge in [0, 0.05) is 62.9 Å². The van der Waals surface area contributed by atoms with Crippen molar-refractivity contribution in [2.24, 2.45) is 7.05 Å². The summed E-state index contributed by atoms with van der Waals surface area (Å²) in [6.45, 7) is 3.13. The fraction of sp³-hybridized carbons (Fsp3) is 0.240. The number of halogens is 3. The first-order valence-corrected chi connectivity index (χ1v) is 10.4. The van der Waals surface area contributed by atoms with Crippen molar-refractivity contribution < 1.29 is 4.74 Å². The Morgan fingerprint density at radius 1 is 0.882 bits per heavy atom. The van der Waals surface area contributed by atoms with Crippen LogP contribution in [0.15, 0.2) is 84.2 Å². The Labute approximate surface area is 218 Å². The van der Waals surface area contributed by atoms with Gasteiger partial charge in [0.05, 0.1) is 5.52 Å². The first-order valence-electron chi connectivity index (χ1n) is 10.4. The third-order valence-electron chi connectivity index (χ3n) is 5.37. The van der Waals surface area contributed by atoms with E-state index in [9.17, 15) is 4.79 Å². The molecule has 0 N–H and O–H groups in total. The highest BCUT2D eigenvalue weighted by Gasteiger charge is 2.08. The Morgan fingerprint density at radius 2 is 1.68 bits per heavy atom. The molecule has 4 aromatic rings. The van der Waals surface area contributed by atoms with Crippen LogP contribution in [0.4, 0.5) is 0 Å². The molecule has 0 atom stereocenters. The molecule has 3 aromatic heterocycles. The first-order chi connectivity index (χ1) is 15.2. The number of pyridine rings is 3. The zero-order valence-electron chi connectivity index (χ0n) is 18.9. The van der Waals surface area contributed by atoms with Gasteiger partial charge in [-0.1, -0.05) is 6.07 Å². The van der Waals surface area contributed by atoms with Crippen LogP contribution < -0.4 is 10.3 Å². The summed E-state index contributed by atoms with van der Waals surface area (Å²) in [6, 6.07) is 17.4. The Hall–Kier alpha value is -2.64. The molecule has 9 heteroatoms. The third kappa shape index (κ3) is 7.99. The molecule has 4 rings (SSSR count). The molecule has 0 amide bonds. The smallest absolute Gasteiger partial charge is 0.250 e. The van der Waals surface area contributed by atoms with E-state index in [-0.39, 0.29) is 42.8 Å². The highest BCUT2D eigenvalue weighted by Crippen LogP contribution is 2.19. The fourth-order valence-corrected chi connectivity index (χ4v) is 3.60. The third-order valence-corrected chi connectivity index (χ3v) is 5.37. The minimum Gasteiger partial charge on any atom is -0.492 e. The van der Waals surface area contributed by atoms with Crippen molar-refractivity contribution in [2.45, 2.75) is 13.0 Å². The summed E-state index contributed by atoms with van der Waals surface area (Å²) in [7, 11) is 1.78. The number of benzene rings is 1. The van der Waals surface area contributed by atoms with Gasteiger partial charge in [-0.05, 0) is 60.0 Å². The Balaban J connectivity index is 0.00000193. The standard InChI is InChI=1S/C25H26N4O2.3ClH/c1-28-24-6-5-23(17-22(24)4-7-25(28)30)31-16-15-29(19-21-8-12-26-13-9-21)14-10-20-3-2-11-27-18-20;;;/h2-9,11-13,17-18H,10,14-16,19H2,1H3;3*1H. The zero-order chi connectivity index (χ0) is 21.5. The predicted molar refractivity (Wildman–Crippen MR) is 144 cm³/mol. The van der Waals surface area contributed by atoms with Crippen LogP contribution in [0.25, 0.3) is 10.9 Å². The molecule has 6 nitrogen and oxygen atoms in total. The molecule has 0 aliphatic carbocycles. The van der Waals surface area contributed by atoms with Gasteiger partial charge in [0.25, 0.3) is 5.56 Å². The van der Waals surface area contributed by atoms with Crippen molar-refractivity contribution in [1.82, 2.24) is 19.4 Å². The van der Waals surface area contributed by atoms with Crippen molar-refractivity contribution in [2.75, 3.05) is 19.7 Å². The molecular weight excluding hydrogens is 495 g/mol. The second-order valence-corrected chi connectivity index (χ2v) is 7.54. The van der Waals surface area contributed by atoms with E-state index in [1.165, 1.54) is 11.1 Å². The summed E-state index contributed by atoms with van der Waals surface area (Å²) in [4.78, 5) is 22.5. The summed E-state index contributed by atoms with van der Waals surface area (Å²) >= 11 is 0. The molecule has 0 aliphatic heterocycles. The maximum absolute atomic E-state index is 11.8. The number of hydrogen-bond acceptors (Lipinski definition) is 5. The molecule has 0 bridgehead atoms. The molecule has 182 valence electrons. The van der Waals surface area contributed by atoms with Gasteiger partial charge in [0.1, 0.15) is 12.4 Å². The van der Waals surface area contributed by atoms with Crippen molar-refractivity contribution in [3.05, 3.63) is 101 Å². The van der Waals surface area contributed by atoms with Gasteiger partial charge in [0.2, 0.25) is 0 Å². The van der Waals surface area contributed by atoms with Crippen LogP contribution in [0.1, 0.15) is 11.1 Å². The highest BCUT2D eigenvalue weighted by molar-refractivity contribution is 5.86. The average Bonchev–Trinajstić information content (AvgIpc) is 2.81. The summed E-state index contributed by atoms with van der Waals surface area (Å²) < 4.78 is 7.70. The maximum atomic E-state index is 11.8. The number of ether oxygens (including phenoxy) is 1. The van der Waals surface area contributed by atoms with Crippen molar-refractivity contribution in [3.63, 3.8) is 0 Å². The van der Waals surface area contributed by atoms with Gasteiger partial charge in [-0.3, -0.25) is 19.7 Å². The zero-order valence-corrected chi connectivity index (χ0v) is 21.3. The first kappa shape index (κ1) is 29.4. The fourth-order valence-electron chi connectivity index (χ4n) is 3.60. The van der Waals surface area contributed by atoms with Crippen LogP contribution in [0.5, 0.6) is 5.75 Å². The van der Waals surface area contributed by atoms with E-state index in [2.05, 4.69) is 20.9 Å². The lowest BCUT2D eigenvalue weighted by Crippen LogP contribution is -2.30. The lowest BCUT2D eigenvalue weighted by atomic mass is 10.2. The second-order valence-electron chi connectivity index (χ2n) is 7.54. The number of fused-ring (bicyclic) bond motifs is 1. The average molecular weight is 524 g/mol. The summed E-state index contributed by atoms with van der Waals surface area (Å²) in [6.07, 6.45) is 8.31. The van der Waals surface area contributed by atoms with Gasteiger partial charge < -0.3 is 9.30 Å². The number of nitrogens with zero attached hydrogens (tertiary/aromatic N) is 4. The van der Waals surface area contributed by atoms with E-state index in [1.807, 2.05) is 61.1 Å². The summed E-state index contributed by atoms with van der Waals surface area (Å²) in [5.41, 5.74) is 3.34. The van der Waals surface area contributed by atoms with E-state index in [0.29, 0.717) is 6.61 Å². The Kier molecular flexibility index (Phi) is 12.6. The number of aromatic nitrogens is 3. The molecule has 34 heavy (non-hydrogen) atoms. The molecule has 0 saturated carbocycles. The SMILES string of the molecule is Cl.Cl.Cl.Cn1c(=O)ccc2cc(OCCN(CCc3cccnc3)Cc3ccncc3)ccc21. The lowest BCUT2D eigenvalue weighted by molar-refractivity contribution is 0.204. The van der Waals surface area contributed by atoms with Crippen LogP contribution in [-0.4, -0.2) is 39.1 Å². The van der Waals surface area contributed by atoms with Crippen LogP contribution >= 0.6 is 37.2 Å². The molecule has 0 aliphatic rings. The van der Waals surface area contributed by atoms with Crippen molar-refractivity contribution >= 4 is 48.1 Å². The maximum Gasteiger partial charge on any atom is 0.250 e. The monoisotopic (exact) mass is 522 g/mol. The molecule has 0 unspecified atom stereocenters. The molecule has 3 heterocycles. The second kappa shape index (κ2) is 14.6. The van der Waals surface area contributed by atoms with E-state index >= 15 is 0 Å². The van der Waals surface area contributed by atoms with Crippen LogP contribution in [0.3, 0.4) is 0 Å². The highest BCUT2D eigenvalue weighted by atomic mass is 35.5. The Morgan fingerprint density at radius 3 is 2.41 bits per heavy atom. The molecule has 0 spiro atoms. The van der Waals surface area contributed by atoms with Gasteiger partial charge >= 0.3 is 0 Å². The van der Waals surface area contributed by atoms with E-state index in [1.54, 1.807) is 23.9 Å². The van der Waals surface area contributed by atoms with Gasteiger partial charge in [-0.2, -0.15) is 0 Å². The number of hydrogen-bond donors (Lipinski definition) is 0. The number of rotatable bonds is 9. The summed E-state index contributed by atoms with van der Waals surface area (Å²) in [5.74, 6) is 0.808. The van der Waals surface area contributed by atoms with Gasteiger partial charge in [0.15, 0.2) is 0 Å². The topological polar surface area (TPSA) is 60.2 Å². The molecule has 0 fully saturated rings. The predicted octanol–water partition coefficient (Wildman–Crippen LogP) is 4.72. The molecule has 1 aromatic carbocycles. The molecule has 0 saturated heterocycles. The van der Waals surface area contributed by atoms with Crippen LogP contribution in [-0.2, 0) is 20.0 Å². The van der Waals surface area contributed by atoms with Crippen LogP contribution in [0, 0.1) is 0 Å². The van der Waals surface area contributed by atoms with Gasteiger partial charge in [-0.15, -0.1) is 37.2 Å². The minimum atomic E-state index is -0.0125. The number of aryl methyl sites for hydroxylation is 1.